The second kappa shape index (κ2) is 30.5. The summed E-state index contributed by atoms with van der Waals surface area (Å²) >= 11 is 0. The fourth-order valence-corrected chi connectivity index (χ4v) is 0.340. The van der Waals surface area contributed by atoms with E-state index in [4.69, 9.17) is 0 Å². The average molecular weight is 356 g/mol. The van der Waals surface area contributed by atoms with Crippen molar-refractivity contribution >= 4 is 40.7 Å². The molecule has 105 valence electrons. The van der Waals surface area contributed by atoms with Crippen LogP contribution in [0.3, 0.4) is 0 Å². The van der Waals surface area contributed by atoms with Gasteiger partial charge in [-0.05, 0) is 40.0 Å². The molecule has 0 unspecified atom stereocenters. The summed E-state index contributed by atoms with van der Waals surface area (Å²) in [6.07, 6.45) is 10.0. The Hall–Kier alpha value is 1.50. The van der Waals surface area contributed by atoms with Crippen LogP contribution < -0.4 is 0 Å². The molecule has 1 aliphatic rings. The van der Waals surface area contributed by atoms with Gasteiger partial charge in [-0.25, -0.2) is 12.2 Å². The Balaban J connectivity index is -0.0000000242. The van der Waals surface area contributed by atoms with Crippen LogP contribution in [0.25, 0.3) is 0 Å². The van der Waals surface area contributed by atoms with Crippen LogP contribution in [0.2, 0.25) is 0 Å². The molecule has 0 bridgehead atoms. The number of halogens is 2. The Bertz CT molecular complexity index is 128. The minimum absolute atomic E-state index is 0. The van der Waals surface area contributed by atoms with Crippen molar-refractivity contribution in [3.63, 3.8) is 0 Å². The minimum atomic E-state index is 0. The summed E-state index contributed by atoms with van der Waals surface area (Å²) in [5.74, 6) is 0. The van der Waals surface area contributed by atoms with Crippen LogP contribution in [0.1, 0.15) is 6.42 Å². The molecule has 0 spiro atoms. The fourth-order valence-electron chi connectivity index (χ4n) is 0.340. The molecule has 0 aromatic heterocycles. The van der Waals surface area contributed by atoms with Crippen LogP contribution in [0, 0.1) is 13.5 Å². The van der Waals surface area contributed by atoms with Gasteiger partial charge in [0, 0.05) is 0 Å². The van der Waals surface area contributed by atoms with Crippen LogP contribution in [0.4, 0.5) is 0 Å². The maximum atomic E-state index is 2.99. The van der Waals surface area contributed by atoms with E-state index in [0.29, 0.717) is 15.8 Å². The normalized spacial score (nSPS) is 9.41. The zero-order chi connectivity index (χ0) is 10.7. The minimum Gasteiger partial charge on any atom is -0.358 e. The zero-order valence-electron chi connectivity index (χ0n) is 12.1. The summed E-state index contributed by atoms with van der Waals surface area (Å²) in [7, 11) is 0.759. The van der Waals surface area contributed by atoms with Gasteiger partial charge >= 0.3 is 18.6 Å². The van der Waals surface area contributed by atoms with Gasteiger partial charge in [-0.2, -0.15) is 6.08 Å². The summed E-state index contributed by atoms with van der Waals surface area (Å²) in [6.45, 7) is 13.4. The van der Waals surface area contributed by atoms with Gasteiger partial charge in [0.25, 0.3) is 0 Å². The molecule has 0 aromatic carbocycles. The van der Waals surface area contributed by atoms with Crippen molar-refractivity contribution in [1.29, 1.82) is 0 Å². The smallest absolute Gasteiger partial charge is 0.358 e. The molecule has 1 aliphatic carbocycles. The second-order valence-electron chi connectivity index (χ2n) is 3.69. The number of hydrogen-bond acceptors (Lipinski definition) is 0. The molecule has 1 radical (unpaired) electrons. The predicted molar refractivity (Wildman–Crippen MR) is 91.9 cm³/mol. The van der Waals surface area contributed by atoms with Crippen molar-refractivity contribution in [2.75, 3.05) is 40.0 Å². The first-order chi connectivity index (χ1) is 5.96. The Morgan fingerprint density at radius 2 is 1.18 bits per heavy atom. The van der Waals surface area contributed by atoms with Crippen LogP contribution in [0.15, 0.2) is 18.2 Å². The summed E-state index contributed by atoms with van der Waals surface area (Å²) in [4.78, 5) is 0. The van der Waals surface area contributed by atoms with Gasteiger partial charge in [0.05, 0.1) is 0 Å². The van der Waals surface area contributed by atoms with E-state index in [0.717, 1.165) is 6.42 Å². The number of allylic oxidation sites excluding steroid dienone is 4. The Morgan fingerprint density at radius 1 is 0.882 bits per heavy atom. The van der Waals surface area contributed by atoms with E-state index < -0.39 is 0 Å². The fraction of sp³-hybridized carbons (Fsp3) is 0.583. The van der Waals surface area contributed by atoms with Crippen molar-refractivity contribution in [3.05, 3.63) is 31.7 Å². The van der Waals surface area contributed by atoms with Gasteiger partial charge in [-0.3, -0.25) is 6.08 Å². The third kappa shape index (κ3) is 99.5. The van der Waals surface area contributed by atoms with Crippen molar-refractivity contribution in [2.24, 2.45) is 0 Å². The molecule has 0 nitrogen and oxygen atoms in total. The van der Waals surface area contributed by atoms with E-state index >= 15 is 0 Å². The van der Waals surface area contributed by atoms with E-state index in [1.807, 2.05) is 12.2 Å². The first-order valence-electron chi connectivity index (χ1n) is 4.40. The van der Waals surface area contributed by atoms with E-state index in [2.05, 4.69) is 52.1 Å². The first kappa shape index (κ1) is 36.3. The summed E-state index contributed by atoms with van der Waals surface area (Å²) < 4.78 is 0. The zero-order valence-corrected chi connectivity index (χ0v) is 16.9. The van der Waals surface area contributed by atoms with Crippen LogP contribution >= 0.6 is 40.7 Å². The van der Waals surface area contributed by atoms with Crippen molar-refractivity contribution < 1.29 is 18.6 Å². The SMILES string of the molecule is CP(C)C.CP(C)C.Cl.Cl.[C-]1=CC=CC1.[CH3-].[V+2]. The molecule has 1 rings (SSSR count). The Kier molecular flexibility index (Phi) is 65.0. The van der Waals surface area contributed by atoms with Gasteiger partial charge in [0.15, 0.2) is 0 Å². The van der Waals surface area contributed by atoms with E-state index in [-0.39, 0.29) is 50.8 Å². The quantitative estimate of drug-likeness (QED) is 0.408. The molecule has 0 aromatic rings. The van der Waals surface area contributed by atoms with Gasteiger partial charge in [0.2, 0.25) is 0 Å². The van der Waals surface area contributed by atoms with Gasteiger partial charge in [-0.15, -0.1) is 47.1 Å². The maximum absolute atomic E-state index is 2.99. The van der Waals surface area contributed by atoms with Crippen molar-refractivity contribution in [1.82, 2.24) is 0 Å². The molecule has 0 aliphatic heterocycles. The third-order valence-corrected chi connectivity index (χ3v) is 0.586. The molecular formula is C12H28Cl2P2V. The molecule has 0 saturated heterocycles. The predicted octanol–water partition coefficient (Wildman–Crippen LogP) is 5.31. The Morgan fingerprint density at radius 3 is 1.24 bits per heavy atom. The van der Waals surface area contributed by atoms with Crippen LogP contribution in [-0.2, 0) is 18.6 Å². The first-order valence-corrected chi connectivity index (χ1v) is 9.77. The Labute approximate surface area is 137 Å². The molecular weight excluding hydrogens is 328 g/mol. The largest absolute Gasteiger partial charge is 2.00 e. The molecule has 5 heteroatoms. The molecule has 0 N–H and O–H groups in total. The maximum Gasteiger partial charge on any atom is 2.00 e. The number of hydrogen-bond donors (Lipinski definition) is 0. The average Bonchev–Trinajstić information content (AvgIpc) is 2.35. The monoisotopic (exact) mass is 355 g/mol. The molecule has 17 heavy (non-hydrogen) atoms. The number of rotatable bonds is 0. The van der Waals surface area contributed by atoms with E-state index in [1.54, 1.807) is 0 Å². The van der Waals surface area contributed by atoms with Crippen LogP contribution in [-0.4, -0.2) is 40.0 Å². The van der Waals surface area contributed by atoms with Gasteiger partial charge in [0.1, 0.15) is 0 Å². The third-order valence-electron chi connectivity index (χ3n) is 0.586. The van der Waals surface area contributed by atoms with Crippen molar-refractivity contribution in [3.8, 4) is 0 Å². The second-order valence-corrected chi connectivity index (χ2v) is 9.05. The van der Waals surface area contributed by atoms with E-state index in [9.17, 15) is 0 Å². The molecule has 0 fully saturated rings. The van der Waals surface area contributed by atoms with E-state index in [1.165, 1.54) is 0 Å². The topological polar surface area (TPSA) is 0 Å². The van der Waals surface area contributed by atoms with Crippen molar-refractivity contribution in [2.45, 2.75) is 6.42 Å². The van der Waals surface area contributed by atoms with Gasteiger partial charge < -0.3 is 7.43 Å². The van der Waals surface area contributed by atoms with Crippen LogP contribution in [0.5, 0.6) is 0 Å². The standard InChI is InChI=1S/C5H5.2C3H9P.CH3.2ClH.V/c1-2-4-5-3-1;2*1-4(2)3;;;;/h1-3H,4H2;2*1-3H3;1H3;2*1H;/q-1;;;-1;;;+2. The molecule has 0 atom stereocenters. The molecule has 0 saturated carbocycles. The summed E-state index contributed by atoms with van der Waals surface area (Å²) in [5, 5.41) is 0. The molecule has 0 heterocycles. The van der Waals surface area contributed by atoms with Gasteiger partial charge in [-0.1, -0.05) is 0 Å². The summed E-state index contributed by atoms with van der Waals surface area (Å²) in [6, 6.07) is 0. The summed E-state index contributed by atoms with van der Waals surface area (Å²) in [5.41, 5.74) is 0. The molecule has 0 amide bonds.